The van der Waals surface area contributed by atoms with Crippen molar-refractivity contribution in [3.8, 4) is 0 Å². The molecule has 0 bridgehead atoms. The number of hydrogen-bond acceptors (Lipinski definition) is 2. The Morgan fingerprint density at radius 2 is 1.68 bits per heavy atom. The number of amides is 2. The average molecular weight is 346 g/mol. The second kappa shape index (κ2) is 5.92. The van der Waals surface area contributed by atoms with Gasteiger partial charge in [-0.2, -0.15) is 0 Å². The van der Waals surface area contributed by atoms with Crippen molar-refractivity contribution in [3.05, 3.63) is 33.3 Å². The largest absolute Gasteiger partial charge is 0.339 e. The summed E-state index contributed by atoms with van der Waals surface area (Å²) in [5.74, 6) is 0.00370. The summed E-state index contributed by atoms with van der Waals surface area (Å²) in [6.45, 7) is 3.84. The smallest absolute Gasteiger partial charge is 0.254 e. The first kappa shape index (κ1) is 14.3. The van der Waals surface area contributed by atoms with Crippen molar-refractivity contribution in [1.82, 2.24) is 9.80 Å². The van der Waals surface area contributed by atoms with E-state index in [1.807, 2.05) is 0 Å². The normalized spacial score (nSPS) is 15.5. The first-order valence-corrected chi connectivity index (χ1v) is 7.15. The molecule has 0 radical (unpaired) electrons. The number of rotatable bonds is 1. The van der Waals surface area contributed by atoms with Crippen LogP contribution in [-0.2, 0) is 4.79 Å². The highest BCUT2D eigenvalue weighted by atomic mass is 79.9. The molecule has 4 nitrogen and oxygen atoms in total. The molecular weight excluding hydrogens is 332 g/mol. The minimum atomic E-state index is -0.0496. The highest BCUT2D eigenvalue weighted by molar-refractivity contribution is 9.10. The monoisotopic (exact) mass is 344 g/mol. The maximum Gasteiger partial charge on any atom is 0.254 e. The molecule has 0 unspecified atom stereocenters. The maximum atomic E-state index is 12.3. The summed E-state index contributed by atoms with van der Waals surface area (Å²) in [7, 11) is 0. The first-order valence-electron chi connectivity index (χ1n) is 5.98. The Kier molecular flexibility index (Phi) is 4.47. The molecule has 1 aromatic carbocycles. The fourth-order valence-electron chi connectivity index (χ4n) is 2.08. The van der Waals surface area contributed by atoms with Crippen molar-refractivity contribution in [2.24, 2.45) is 0 Å². The lowest BCUT2D eigenvalue weighted by Crippen LogP contribution is -2.50. The number of piperazine rings is 1. The SMILES string of the molecule is CC(=O)N1CCN(C(=O)c2cc(Cl)cc(Br)c2)CC1. The topological polar surface area (TPSA) is 40.6 Å². The molecular formula is C13H14BrClN2O2. The fraction of sp³-hybridized carbons (Fsp3) is 0.385. The molecule has 0 N–H and O–H groups in total. The van der Waals surface area contributed by atoms with Crippen molar-refractivity contribution < 1.29 is 9.59 Å². The molecule has 1 saturated heterocycles. The van der Waals surface area contributed by atoms with Gasteiger partial charge in [0, 0.05) is 48.2 Å². The molecule has 19 heavy (non-hydrogen) atoms. The van der Waals surface area contributed by atoms with Crippen LogP contribution >= 0.6 is 27.5 Å². The highest BCUT2D eigenvalue weighted by Crippen LogP contribution is 2.21. The lowest BCUT2D eigenvalue weighted by atomic mass is 10.2. The van der Waals surface area contributed by atoms with E-state index in [4.69, 9.17) is 11.6 Å². The van der Waals surface area contributed by atoms with Crippen molar-refractivity contribution >= 4 is 39.3 Å². The molecule has 6 heteroatoms. The number of carbonyl (C=O) groups excluding carboxylic acids is 2. The molecule has 0 spiro atoms. The van der Waals surface area contributed by atoms with E-state index in [0.717, 1.165) is 4.47 Å². The fourth-order valence-corrected chi connectivity index (χ4v) is 2.94. The van der Waals surface area contributed by atoms with Crippen LogP contribution in [0.1, 0.15) is 17.3 Å². The second-order valence-electron chi connectivity index (χ2n) is 4.46. The third-order valence-electron chi connectivity index (χ3n) is 3.12. The molecule has 0 aromatic heterocycles. The van der Waals surface area contributed by atoms with Crippen molar-refractivity contribution in [2.75, 3.05) is 26.2 Å². The predicted molar refractivity (Wildman–Crippen MR) is 77.3 cm³/mol. The summed E-state index contributed by atoms with van der Waals surface area (Å²) in [6, 6.07) is 5.16. The number of carbonyl (C=O) groups is 2. The van der Waals surface area contributed by atoms with Crippen LogP contribution in [0.2, 0.25) is 5.02 Å². The van der Waals surface area contributed by atoms with Gasteiger partial charge >= 0.3 is 0 Å². The first-order chi connectivity index (χ1) is 8.97. The van der Waals surface area contributed by atoms with Gasteiger partial charge in [-0.05, 0) is 18.2 Å². The molecule has 1 fully saturated rings. The molecule has 0 aliphatic carbocycles. The summed E-state index contributed by atoms with van der Waals surface area (Å²) >= 11 is 9.27. The molecule has 0 atom stereocenters. The van der Waals surface area contributed by atoms with Gasteiger partial charge in [-0.1, -0.05) is 27.5 Å². The molecule has 102 valence electrons. The molecule has 1 aliphatic rings. The highest BCUT2D eigenvalue weighted by Gasteiger charge is 2.23. The van der Waals surface area contributed by atoms with Crippen molar-refractivity contribution in [1.29, 1.82) is 0 Å². The van der Waals surface area contributed by atoms with Crippen LogP contribution in [0.15, 0.2) is 22.7 Å². The summed E-state index contributed by atoms with van der Waals surface area (Å²) < 4.78 is 0.783. The Labute approximate surface area is 125 Å². The number of benzene rings is 1. The minimum absolute atomic E-state index is 0.0496. The van der Waals surface area contributed by atoms with Crippen molar-refractivity contribution in [2.45, 2.75) is 6.92 Å². The van der Waals surface area contributed by atoms with Crippen LogP contribution in [0.4, 0.5) is 0 Å². The lowest BCUT2D eigenvalue weighted by Gasteiger charge is -2.34. The van der Waals surface area contributed by atoms with E-state index in [9.17, 15) is 9.59 Å². The number of halogens is 2. The molecule has 1 aliphatic heterocycles. The van der Waals surface area contributed by atoms with E-state index in [0.29, 0.717) is 36.8 Å². The zero-order valence-corrected chi connectivity index (χ0v) is 12.9. The maximum absolute atomic E-state index is 12.3. The molecule has 1 heterocycles. The summed E-state index contributed by atoms with van der Waals surface area (Å²) in [5.41, 5.74) is 0.565. The van der Waals surface area contributed by atoms with Crippen LogP contribution < -0.4 is 0 Å². The lowest BCUT2D eigenvalue weighted by molar-refractivity contribution is -0.130. The number of hydrogen-bond donors (Lipinski definition) is 0. The quantitative estimate of drug-likeness (QED) is 0.784. The van der Waals surface area contributed by atoms with Gasteiger partial charge in [-0.25, -0.2) is 0 Å². The van der Waals surface area contributed by atoms with Gasteiger partial charge in [-0.3, -0.25) is 9.59 Å². The van der Waals surface area contributed by atoms with E-state index < -0.39 is 0 Å². The Morgan fingerprint density at radius 3 is 2.21 bits per heavy atom. The molecule has 1 aromatic rings. The zero-order valence-electron chi connectivity index (χ0n) is 10.5. The number of nitrogens with zero attached hydrogens (tertiary/aromatic N) is 2. The van der Waals surface area contributed by atoms with Crippen LogP contribution in [0.25, 0.3) is 0 Å². The molecule has 0 saturated carbocycles. The second-order valence-corrected chi connectivity index (χ2v) is 5.81. The Balaban J connectivity index is 2.07. The Morgan fingerprint density at radius 1 is 1.11 bits per heavy atom. The van der Waals surface area contributed by atoms with Gasteiger partial charge in [0.1, 0.15) is 0 Å². The Bertz CT molecular complexity index is 493. The molecule has 2 rings (SSSR count). The Hall–Kier alpha value is -1.07. The van der Waals surface area contributed by atoms with E-state index >= 15 is 0 Å². The van der Waals surface area contributed by atoms with Crippen LogP contribution in [0.3, 0.4) is 0 Å². The van der Waals surface area contributed by atoms with Gasteiger partial charge in [0.2, 0.25) is 5.91 Å². The van der Waals surface area contributed by atoms with Gasteiger partial charge in [0.15, 0.2) is 0 Å². The van der Waals surface area contributed by atoms with Gasteiger partial charge in [-0.15, -0.1) is 0 Å². The van der Waals surface area contributed by atoms with Crippen LogP contribution in [0.5, 0.6) is 0 Å². The summed E-state index contributed by atoms with van der Waals surface area (Å²) in [4.78, 5) is 27.1. The van der Waals surface area contributed by atoms with E-state index in [2.05, 4.69) is 15.9 Å². The third kappa shape index (κ3) is 3.48. The molecule has 2 amide bonds. The summed E-state index contributed by atoms with van der Waals surface area (Å²) in [6.07, 6.45) is 0. The van der Waals surface area contributed by atoms with E-state index in [1.54, 1.807) is 34.9 Å². The average Bonchev–Trinajstić information content (AvgIpc) is 2.37. The standard InChI is InChI=1S/C13H14BrClN2O2/c1-9(18)16-2-4-17(5-3-16)13(19)10-6-11(14)8-12(15)7-10/h6-8H,2-5H2,1H3. The van der Waals surface area contributed by atoms with Crippen molar-refractivity contribution in [3.63, 3.8) is 0 Å². The minimum Gasteiger partial charge on any atom is -0.339 e. The van der Waals surface area contributed by atoms with Crippen LogP contribution in [-0.4, -0.2) is 47.8 Å². The third-order valence-corrected chi connectivity index (χ3v) is 3.80. The summed E-state index contributed by atoms with van der Waals surface area (Å²) in [5, 5.41) is 0.528. The van der Waals surface area contributed by atoms with Gasteiger partial charge < -0.3 is 9.80 Å². The van der Waals surface area contributed by atoms with E-state index in [-0.39, 0.29) is 11.8 Å². The van der Waals surface area contributed by atoms with Gasteiger partial charge in [0.05, 0.1) is 0 Å². The van der Waals surface area contributed by atoms with Crippen LogP contribution in [0, 0.1) is 0 Å². The van der Waals surface area contributed by atoms with E-state index in [1.165, 1.54) is 0 Å². The predicted octanol–water partition coefficient (Wildman–Crippen LogP) is 2.41. The zero-order chi connectivity index (χ0) is 14.0. The van der Waals surface area contributed by atoms with Gasteiger partial charge in [0.25, 0.3) is 5.91 Å².